The van der Waals surface area contributed by atoms with Crippen LogP contribution in [0.25, 0.3) is 10.1 Å². The van der Waals surface area contributed by atoms with Gasteiger partial charge in [-0.25, -0.2) is 0 Å². The third kappa shape index (κ3) is 2.43. The van der Waals surface area contributed by atoms with Crippen LogP contribution in [0.5, 0.6) is 0 Å². The Kier molecular flexibility index (Phi) is 3.96. The quantitative estimate of drug-likeness (QED) is 0.828. The molecule has 3 rings (SSSR count). The van der Waals surface area contributed by atoms with E-state index in [9.17, 15) is 4.79 Å². The van der Waals surface area contributed by atoms with Gasteiger partial charge < -0.3 is 16.0 Å². The Morgan fingerprint density at radius 1 is 1.35 bits per heavy atom. The first kappa shape index (κ1) is 13.9. The second-order valence-corrected chi connectivity index (χ2v) is 6.76. The van der Waals surface area contributed by atoms with Crippen molar-refractivity contribution in [1.82, 2.24) is 10.2 Å². The van der Waals surface area contributed by atoms with Crippen molar-refractivity contribution in [3.05, 3.63) is 27.5 Å². The Hall–Kier alpha value is -1.11. The summed E-state index contributed by atoms with van der Waals surface area (Å²) in [5.74, 6) is 0.0549. The summed E-state index contributed by atoms with van der Waals surface area (Å²) in [5, 5.41) is 4.26. The van der Waals surface area contributed by atoms with Gasteiger partial charge in [0.2, 0.25) is 0 Å². The number of hydrogen-bond acceptors (Lipinski definition) is 4. The molecule has 1 aromatic heterocycles. The lowest BCUT2D eigenvalue weighted by atomic mass is 10.2. The number of nitrogen functional groups attached to an aromatic ring is 1. The smallest absolute Gasteiger partial charge is 0.266 e. The highest BCUT2D eigenvalue weighted by atomic mass is 79.9. The Balaban J connectivity index is 1.99. The van der Waals surface area contributed by atoms with Crippen molar-refractivity contribution in [2.24, 2.45) is 0 Å². The maximum atomic E-state index is 12.7. The number of rotatable bonds is 1. The predicted molar refractivity (Wildman–Crippen MR) is 87.3 cm³/mol. The molecule has 0 atom stereocenters. The molecule has 1 saturated heterocycles. The summed E-state index contributed by atoms with van der Waals surface area (Å²) in [6.07, 6.45) is 0.986. The molecule has 0 bridgehead atoms. The molecule has 0 spiro atoms. The van der Waals surface area contributed by atoms with Crippen molar-refractivity contribution in [3.63, 3.8) is 0 Å². The monoisotopic (exact) mass is 353 g/mol. The van der Waals surface area contributed by atoms with E-state index in [0.717, 1.165) is 47.2 Å². The van der Waals surface area contributed by atoms with Gasteiger partial charge in [0.05, 0.1) is 5.69 Å². The Morgan fingerprint density at radius 3 is 3.00 bits per heavy atom. The highest BCUT2D eigenvalue weighted by Gasteiger charge is 2.23. The molecule has 2 aromatic rings. The molecule has 6 heteroatoms. The van der Waals surface area contributed by atoms with Crippen LogP contribution in [-0.4, -0.2) is 37.0 Å². The summed E-state index contributed by atoms with van der Waals surface area (Å²) in [7, 11) is 0. The zero-order valence-electron chi connectivity index (χ0n) is 11.0. The summed E-state index contributed by atoms with van der Waals surface area (Å²) in [5.41, 5.74) is 6.80. The van der Waals surface area contributed by atoms with Gasteiger partial charge in [-0.1, -0.05) is 22.0 Å². The number of hydrogen-bond donors (Lipinski definition) is 2. The molecule has 106 valence electrons. The van der Waals surface area contributed by atoms with Crippen LogP contribution in [0.15, 0.2) is 22.7 Å². The lowest BCUT2D eigenvalue weighted by Gasteiger charge is -2.19. The van der Waals surface area contributed by atoms with Crippen molar-refractivity contribution >= 4 is 48.9 Å². The van der Waals surface area contributed by atoms with Crippen LogP contribution in [0.3, 0.4) is 0 Å². The van der Waals surface area contributed by atoms with Crippen LogP contribution in [0.2, 0.25) is 0 Å². The van der Waals surface area contributed by atoms with Gasteiger partial charge in [0.1, 0.15) is 4.88 Å². The molecule has 1 aliphatic rings. The maximum absolute atomic E-state index is 12.7. The van der Waals surface area contributed by atoms with Crippen molar-refractivity contribution in [2.75, 3.05) is 31.9 Å². The molecule has 0 unspecified atom stereocenters. The van der Waals surface area contributed by atoms with Crippen molar-refractivity contribution < 1.29 is 4.79 Å². The lowest BCUT2D eigenvalue weighted by Crippen LogP contribution is -2.34. The second kappa shape index (κ2) is 5.71. The third-order valence-corrected chi connectivity index (χ3v) is 5.34. The Bertz CT molecular complexity index is 647. The van der Waals surface area contributed by atoms with Crippen molar-refractivity contribution in [2.45, 2.75) is 6.42 Å². The molecule has 1 fully saturated rings. The van der Waals surface area contributed by atoms with Gasteiger partial charge in [0.25, 0.3) is 5.91 Å². The van der Waals surface area contributed by atoms with Crippen LogP contribution in [0, 0.1) is 0 Å². The number of fused-ring (bicyclic) bond motifs is 1. The summed E-state index contributed by atoms with van der Waals surface area (Å²) in [6, 6.07) is 5.92. The molecule has 2 heterocycles. The van der Waals surface area contributed by atoms with Crippen LogP contribution < -0.4 is 11.1 Å². The van der Waals surface area contributed by atoms with E-state index in [4.69, 9.17) is 5.73 Å². The topological polar surface area (TPSA) is 58.4 Å². The lowest BCUT2D eigenvalue weighted by molar-refractivity contribution is 0.0772. The number of halogens is 1. The van der Waals surface area contributed by atoms with Crippen molar-refractivity contribution in [3.8, 4) is 0 Å². The normalized spacial score (nSPS) is 16.4. The summed E-state index contributed by atoms with van der Waals surface area (Å²) in [6.45, 7) is 3.35. The van der Waals surface area contributed by atoms with E-state index in [1.165, 1.54) is 11.3 Å². The van der Waals surface area contributed by atoms with Gasteiger partial charge >= 0.3 is 0 Å². The molecule has 3 N–H and O–H groups in total. The van der Waals surface area contributed by atoms with Gasteiger partial charge in [0.15, 0.2) is 0 Å². The van der Waals surface area contributed by atoms with E-state index in [2.05, 4.69) is 21.2 Å². The van der Waals surface area contributed by atoms with Crippen LogP contribution in [0.1, 0.15) is 16.1 Å². The fourth-order valence-corrected chi connectivity index (χ4v) is 4.31. The first-order valence-electron chi connectivity index (χ1n) is 6.65. The summed E-state index contributed by atoms with van der Waals surface area (Å²) in [4.78, 5) is 15.2. The zero-order chi connectivity index (χ0) is 14.1. The number of carbonyl (C=O) groups excluding carboxylic acids is 1. The van der Waals surface area contributed by atoms with E-state index in [-0.39, 0.29) is 5.91 Å². The van der Waals surface area contributed by atoms with E-state index >= 15 is 0 Å². The molecule has 1 aromatic carbocycles. The minimum atomic E-state index is 0.0549. The number of benzene rings is 1. The van der Waals surface area contributed by atoms with Crippen LogP contribution in [-0.2, 0) is 0 Å². The average Bonchev–Trinajstić information content (AvgIpc) is 2.65. The average molecular weight is 354 g/mol. The highest BCUT2D eigenvalue weighted by molar-refractivity contribution is 9.10. The van der Waals surface area contributed by atoms with Crippen LogP contribution >= 0.6 is 27.3 Å². The standard InChI is InChI=1S/C14H16BrN3OS/c15-9-3-1-4-10-11(9)12(16)13(20-10)14(19)18-7-2-5-17-6-8-18/h1,3-4,17H,2,5-8,16H2. The Labute approximate surface area is 130 Å². The van der Waals surface area contributed by atoms with E-state index in [1.54, 1.807) is 0 Å². The van der Waals surface area contributed by atoms with E-state index in [1.807, 2.05) is 23.1 Å². The molecule has 20 heavy (non-hydrogen) atoms. The van der Waals surface area contributed by atoms with E-state index < -0.39 is 0 Å². The third-order valence-electron chi connectivity index (χ3n) is 3.52. The predicted octanol–water partition coefficient (Wildman–Crippen LogP) is 2.68. The SMILES string of the molecule is Nc1c(C(=O)N2CCCNCC2)sc2cccc(Br)c12. The number of anilines is 1. The number of nitrogens with zero attached hydrogens (tertiary/aromatic N) is 1. The number of thiophene rings is 1. The molecule has 0 aliphatic carbocycles. The second-order valence-electron chi connectivity index (χ2n) is 4.85. The van der Waals surface area contributed by atoms with Gasteiger partial charge in [-0.15, -0.1) is 11.3 Å². The van der Waals surface area contributed by atoms with Gasteiger partial charge in [-0.3, -0.25) is 4.79 Å². The molecule has 1 amide bonds. The van der Waals surface area contributed by atoms with Crippen molar-refractivity contribution in [1.29, 1.82) is 0 Å². The first-order valence-corrected chi connectivity index (χ1v) is 8.26. The van der Waals surface area contributed by atoms with Gasteiger partial charge in [-0.05, 0) is 25.1 Å². The number of carbonyl (C=O) groups is 1. The minimum absolute atomic E-state index is 0.0549. The number of nitrogens with two attached hydrogens (primary N) is 1. The molecule has 1 aliphatic heterocycles. The number of nitrogens with one attached hydrogen (secondary N) is 1. The fraction of sp³-hybridized carbons (Fsp3) is 0.357. The summed E-state index contributed by atoms with van der Waals surface area (Å²) >= 11 is 4.99. The molecular formula is C14H16BrN3OS. The molecular weight excluding hydrogens is 338 g/mol. The Morgan fingerprint density at radius 2 is 2.20 bits per heavy atom. The van der Waals surface area contributed by atoms with E-state index in [0.29, 0.717) is 10.6 Å². The largest absolute Gasteiger partial charge is 0.397 e. The molecule has 0 saturated carbocycles. The highest BCUT2D eigenvalue weighted by Crippen LogP contribution is 2.38. The van der Waals surface area contributed by atoms with Gasteiger partial charge in [0, 0.05) is 34.2 Å². The fourth-order valence-electron chi connectivity index (χ4n) is 2.48. The molecule has 0 radical (unpaired) electrons. The maximum Gasteiger partial charge on any atom is 0.266 e. The molecule has 4 nitrogen and oxygen atoms in total. The summed E-state index contributed by atoms with van der Waals surface area (Å²) < 4.78 is 1.99. The number of amides is 1. The zero-order valence-corrected chi connectivity index (χ0v) is 13.4. The van der Waals surface area contributed by atoms with Gasteiger partial charge in [-0.2, -0.15) is 0 Å². The van der Waals surface area contributed by atoms with Crippen LogP contribution in [0.4, 0.5) is 5.69 Å². The minimum Gasteiger partial charge on any atom is -0.397 e. The first-order chi connectivity index (χ1) is 9.68.